The molecule has 2 N–H and O–H groups in total. The van der Waals surface area contributed by atoms with E-state index in [0.717, 1.165) is 12.2 Å². The van der Waals surface area contributed by atoms with Crippen molar-refractivity contribution in [2.45, 2.75) is 51.0 Å². The first-order chi connectivity index (χ1) is 8.22. The average molecular weight is 233 g/mol. The van der Waals surface area contributed by atoms with Crippen molar-refractivity contribution in [1.82, 2.24) is 0 Å². The van der Waals surface area contributed by atoms with Crippen LogP contribution in [-0.4, -0.2) is 13.2 Å². The topological polar surface area (TPSA) is 35.2 Å². The number of nitrogens with two attached hydrogens (primary N) is 1. The monoisotopic (exact) mass is 233 g/mol. The highest BCUT2D eigenvalue weighted by molar-refractivity contribution is 5.40. The van der Waals surface area contributed by atoms with Gasteiger partial charge in [-0.3, -0.25) is 0 Å². The number of aryl methyl sites for hydroxylation is 1. The van der Waals surface area contributed by atoms with Crippen LogP contribution in [0.1, 0.15) is 49.1 Å². The largest absolute Gasteiger partial charge is 0.496 e. The maximum absolute atomic E-state index is 6.33. The Morgan fingerprint density at radius 2 is 1.94 bits per heavy atom. The molecule has 2 unspecified atom stereocenters. The van der Waals surface area contributed by atoms with Gasteiger partial charge >= 0.3 is 0 Å². The lowest BCUT2D eigenvalue weighted by atomic mass is 9.87. The van der Waals surface area contributed by atoms with Crippen LogP contribution in [0.5, 0.6) is 5.75 Å². The van der Waals surface area contributed by atoms with Crippen LogP contribution in [0, 0.1) is 6.92 Å². The second-order valence-electron chi connectivity index (χ2n) is 5.15. The van der Waals surface area contributed by atoms with E-state index in [1.807, 2.05) is 0 Å². The van der Waals surface area contributed by atoms with Crippen LogP contribution in [0.15, 0.2) is 18.2 Å². The SMILES string of the molecule is COc1ccc(C)cc1C1CCCCCC1N. The third-order valence-corrected chi connectivity index (χ3v) is 3.85. The van der Waals surface area contributed by atoms with Gasteiger partial charge in [-0.1, -0.05) is 37.0 Å². The summed E-state index contributed by atoms with van der Waals surface area (Å²) in [5, 5.41) is 0. The fraction of sp³-hybridized carbons (Fsp3) is 0.600. The highest BCUT2D eigenvalue weighted by atomic mass is 16.5. The van der Waals surface area contributed by atoms with Crippen LogP contribution in [0.25, 0.3) is 0 Å². The lowest BCUT2D eigenvalue weighted by Crippen LogP contribution is -2.27. The van der Waals surface area contributed by atoms with Gasteiger partial charge in [-0.25, -0.2) is 0 Å². The fourth-order valence-electron chi connectivity index (χ4n) is 2.87. The van der Waals surface area contributed by atoms with Crippen LogP contribution in [0.3, 0.4) is 0 Å². The Balaban J connectivity index is 2.32. The minimum Gasteiger partial charge on any atom is -0.496 e. The molecule has 0 bridgehead atoms. The van der Waals surface area contributed by atoms with E-state index in [1.165, 1.54) is 36.8 Å². The van der Waals surface area contributed by atoms with Crippen molar-refractivity contribution >= 4 is 0 Å². The molecule has 1 saturated carbocycles. The average Bonchev–Trinajstić information content (AvgIpc) is 2.54. The van der Waals surface area contributed by atoms with Crippen molar-refractivity contribution in [1.29, 1.82) is 0 Å². The molecule has 1 aliphatic rings. The Morgan fingerprint density at radius 3 is 2.71 bits per heavy atom. The lowest BCUT2D eigenvalue weighted by molar-refractivity contribution is 0.396. The van der Waals surface area contributed by atoms with Crippen molar-refractivity contribution in [2.24, 2.45) is 5.73 Å². The number of hydrogen-bond donors (Lipinski definition) is 1. The molecule has 2 rings (SSSR count). The highest BCUT2D eigenvalue weighted by Gasteiger charge is 2.24. The summed E-state index contributed by atoms with van der Waals surface area (Å²) in [6.07, 6.45) is 6.21. The molecule has 1 aromatic carbocycles. The van der Waals surface area contributed by atoms with E-state index in [1.54, 1.807) is 7.11 Å². The Hall–Kier alpha value is -1.02. The predicted octanol–water partition coefficient (Wildman–Crippen LogP) is 3.38. The zero-order valence-electron chi connectivity index (χ0n) is 10.9. The Kier molecular flexibility index (Phi) is 4.06. The number of benzene rings is 1. The molecule has 2 heteroatoms. The first kappa shape index (κ1) is 12.4. The summed E-state index contributed by atoms with van der Waals surface area (Å²) in [6, 6.07) is 6.70. The summed E-state index contributed by atoms with van der Waals surface area (Å²) < 4.78 is 5.49. The second-order valence-corrected chi connectivity index (χ2v) is 5.15. The number of methoxy groups -OCH3 is 1. The van der Waals surface area contributed by atoms with Gasteiger partial charge in [-0.2, -0.15) is 0 Å². The molecule has 2 nitrogen and oxygen atoms in total. The third-order valence-electron chi connectivity index (χ3n) is 3.85. The Morgan fingerprint density at radius 1 is 1.18 bits per heavy atom. The molecule has 0 spiro atoms. The van der Waals surface area contributed by atoms with Gasteiger partial charge in [-0.15, -0.1) is 0 Å². The molecule has 0 radical (unpaired) electrons. The molecule has 1 aliphatic carbocycles. The molecule has 17 heavy (non-hydrogen) atoms. The van der Waals surface area contributed by atoms with Gasteiger partial charge in [0.2, 0.25) is 0 Å². The maximum atomic E-state index is 6.33. The van der Waals surface area contributed by atoms with Gasteiger partial charge in [0.25, 0.3) is 0 Å². The van der Waals surface area contributed by atoms with E-state index in [4.69, 9.17) is 10.5 Å². The van der Waals surface area contributed by atoms with E-state index in [-0.39, 0.29) is 6.04 Å². The van der Waals surface area contributed by atoms with E-state index in [9.17, 15) is 0 Å². The molecular formula is C15H23NO. The third kappa shape index (κ3) is 2.81. The molecule has 0 saturated heterocycles. The van der Waals surface area contributed by atoms with Crippen molar-refractivity contribution in [3.05, 3.63) is 29.3 Å². The molecule has 2 atom stereocenters. The molecule has 1 aromatic rings. The summed E-state index contributed by atoms with van der Waals surface area (Å²) >= 11 is 0. The van der Waals surface area contributed by atoms with Crippen molar-refractivity contribution in [2.75, 3.05) is 7.11 Å². The van der Waals surface area contributed by atoms with E-state index < -0.39 is 0 Å². The van der Waals surface area contributed by atoms with Crippen LogP contribution in [0.2, 0.25) is 0 Å². The number of rotatable bonds is 2. The molecule has 0 aromatic heterocycles. The highest BCUT2D eigenvalue weighted by Crippen LogP contribution is 2.36. The van der Waals surface area contributed by atoms with Crippen molar-refractivity contribution < 1.29 is 4.74 Å². The van der Waals surface area contributed by atoms with Gasteiger partial charge in [-0.05, 0) is 31.4 Å². The lowest BCUT2D eigenvalue weighted by Gasteiger charge is -2.24. The molecule has 1 fully saturated rings. The molecule has 0 aliphatic heterocycles. The standard InChI is InChI=1S/C15H23NO/c1-11-8-9-15(17-2)13(10-11)12-6-4-3-5-7-14(12)16/h8-10,12,14H,3-7,16H2,1-2H3. The van der Waals surface area contributed by atoms with Crippen LogP contribution in [0.4, 0.5) is 0 Å². The van der Waals surface area contributed by atoms with Gasteiger partial charge in [0.15, 0.2) is 0 Å². The van der Waals surface area contributed by atoms with Crippen LogP contribution >= 0.6 is 0 Å². The summed E-state index contributed by atoms with van der Waals surface area (Å²) in [5.41, 5.74) is 8.93. The predicted molar refractivity (Wildman–Crippen MR) is 71.5 cm³/mol. The maximum Gasteiger partial charge on any atom is 0.122 e. The fourth-order valence-corrected chi connectivity index (χ4v) is 2.87. The first-order valence-corrected chi connectivity index (χ1v) is 6.62. The quantitative estimate of drug-likeness (QED) is 0.795. The van der Waals surface area contributed by atoms with Gasteiger partial charge < -0.3 is 10.5 Å². The van der Waals surface area contributed by atoms with E-state index in [0.29, 0.717) is 5.92 Å². The molecule has 94 valence electrons. The summed E-state index contributed by atoms with van der Waals surface area (Å²) in [5.74, 6) is 1.46. The number of ether oxygens (including phenoxy) is 1. The van der Waals surface area contributed by atoms with Gasteiger partial charge in [0.1, 0.15) is 5.75 Å². The van der Waals surface area contributed by atoms with Gasteiger partial charge in [0, 0.05) is 12.0 Å². The summed E-state index contributed by atoms with van der Waals surface area (Å²) in [4.78, 5) is 0. The zero-order chi connectivity index (χ0) is 12.3. The van der Waals surface area contributed by atoms with Crippen molar-refractivity contribution in [3.63, 3.8) is 0 Å². The summed E-state index contributed by atoms with van der Waals surface area (Å²) in [7, 11) is 1.75. The van der Waals surface area contributed by atoms with Crippen molar-refractivity contribution in [3.8, 4) is 5.75 Å². The number of hydrogen-bond acceptors (Lipinski definition) is 2. The zero-order valence-corrected chi connectivity index (χ0v) is 10.9. The normalized spacial score (nSPS) is 25.4. The Bertz CT molecular complexity index is 375. The molecule has 0 amide bonds. The minimum atomic E-state index is 0.285. The smallest absolute Gasteiger partial charge is 0.122 e. The molecular weight excluding hydrogens is 210 g/mol. The van der Waals surface area contributed by atoms with E-state index in [2.05, 4.69) is 25.1 Å². The van der Waals surface area contributed by atoms with Gasteiger partial charge in [0.05, 0.1) is 7.11 Å². The van der Waals surface area contributed by atoms with Crippen LogP contribution < -0.4 is 10.5 Å². The molecule has 0 heterocycles. The summed E-state index contributed by atoms with van der Waals surface area (Å²) in [6.45, 7) is 2.13. The first-order valence-electron chi connectivity index (χ1n) is 6.62. The van der Waals surface area contributed by atoms with Crippen LogP contribution in [-0.2, 0) is 0 Å². The minimum absolute atomic E-state index is 0.285. The second kappa shape index (κ2) is 5.54. The Labute approximate surface area is 104 Å². The van der Waals surface area contributed by atoms with E-state index >= 15 is 0 Å².